The Morgan fingerprint density at radius 3 is 2.68 bits per heavy atom. The van der Waals surface area contributed by atoms with Gasteiger partial charge >= 0.3 is 0 Å². The topological polar surface area (TPSA) is 76.1 Å². The summed E-state index contributed by atoms with van der Waals surface area (Å²) in [6.45, 7) is 0.664. The number of carbonyl (C=O) groups excluding carboxylic acids is 1. The predicted molar refractivity (Wildman–Crippen MR) is 105 cm³/mol. The molecule has 150 valence electrons. The monoisotopic (exact) mass is 386 g/mol. The third-order valence-electron chi connectivity index (χ3n) is 5.18. The second-order valence-electron chi connectivity index (χ2n) is 7.14. The lowest BCUT2D eigenvalue weighted by molar-refractivity contribution is -0.127. The molecule has 0 radical (unpaired) electrons. The van der Waals surface area contributed by atoms with E-state index < -0.39 is 5.82 Å². The van der Waals surface area contributed by atoms with E-state index in [4.69, 9.17) is 4.74 Å². The quantitative estimate of drug-likeness (QED) is 0.682. The van der Waals surface area contributed by atoms with E-state index in [9.17, 15) is 9.18 Å². The van der Waals surface area contributed by atoms with Crippen molar-refractivity contribution in [3.05, 3.63) is 54.1 Å². The summed E-state index contributed by atoms with van der Waals surface area (Å²) in [4.78, 5) is 20.5. The molecule has 1 heterocycles. The van der Waals surface area contributed by atoms with Crippen LogP contribution < -0.4 is 10.6 Å². The summed E-state index contributed by atoms with van der Waals surface area (Å²) in [6.07, 6.45) is 6.26. The first kappa shape index (κ1) is 20.2. The molecule has 0 aliphatic heterocycles. The fraction of sp³-hybridized carbons (Fsp3) is 0.476. The molecule has 0 bridgehead atoms. The minimum atomic E-state index is -0.481. The summed E-state index contributed by atoms with van der Waals surface area (Å²) in [7, 11) is 1.66. The fourth-order valence-electron chi connectivity index (χ4n) is 3.66. The smallest absolute Gasteiger partial charge is 0.223 e. The molecule has 0 spiro atoms. The third kappa shape index (κ3) is 5.73. The van der Waals surface area contributed by atoms with Crippen LogP contribution in [0.1, 0.15) is 31.2 Å². The zero-order valence-electron chi connectivity index (χ0n) is 16.1. The number of nitrogens with zero attached hydrogens (tertiary/aromatic N) is 2. The molecule has 3 atom stereocenters. The first-order valence-corrected chi connectivity index (χ1v) is 9.74. The molecule has 0 unspecified atom stereocenters. The Morgan fingerprint density at radius 1 is 1.21 bits per heavy atom. The number of carbonyl (C=O) groups is 1. The van der Waals surface area contributed by atoms with E-state index in [1.54, 1.807) is 7.11 Å². The van der Waals surface area contributed by atoms with Crippen LogP contribution in [0.4, 0.5) is 10.3 Å². The van der Waals surface area contributed by atoms with Crippen molar-refractivity contribution in [2.75, 3.05) is 19.0 Å². The number of rotatable bonds is 8. The van der Waals surface area contributed by atoms with E-state index in [0.29, 0.717) is 18.9 Å². The van der Waals surface area contributed by atoms with Crippen molar-refractivity contribution in [2.45, 2.75) is 44.2 Å². The zero-order chi connectivity index (χ0) is 19.8. The van der Waals surface area contributed by atoms with Gasteiger partial charge < -0.3 is 15.4 Å². The summed E-state index contributed by atoms with van der Waals surface area (Å²) in [6, 6.07) is 10.2. The van der Waals surface area contributed by atoms with Gasteiger partial charge in [-0.3, -0.25) is 4.79 Å². The maximum atomic E-state index is 13.0. The van der Waals surface area contributed by atoms with Gasteiger partial charge in [-0.15, -0.1) is 0 Å². The molecule has 0 saturated heterocycles. The zero-order valence-corrected chi connectivity index (χ0v) is 16.1. The maximum absolute atomic E-state index is 13.0. The molecule has 1 aromatic carbocycles. The molecule has 2 N–H and O–H groups in total. The number of aryl methyl sites for hydroxylation is 1. The minimum Gasteiger partial charge on any atom is -0.379 e. The van der Waals surface area contributed by atoms with E-state index in [0.717, 1.165) is 38.1 Å². The molecule has 1 aromatic heterocycles. The number of halogens is 1. The lowest BCUT2D eigenvalue weighted by atomic mass is 9.83. The van der Waals surface area contributed by atoms with Crippen molar-refractivity contribution < 1.29 is 13.9 Å². The summed E-state index contributed by atoms with van der Waals surface area (Å²) < 4.78 is 18.6. The Balaban J connectivity index is 1.48. The minimum absolute atomic E-state index is 0.0317. The van der Waals surface area contributed by atoms with Crippen LogP contribution in [0.3, 0.4) is 0 Å². The molecule has 3 rings (SSSR count). The van der Waals surface area contributed by atoms with E-state index in [2.05, 4.69) is 32.7 Å². The molecule has 1 fully saturated rings. The van der Waals surface area contributed by atoms with E-state index in [1.807, 2.05) is 18.2 Å². The van der Waals surface area contributed by atoms with Crippen LogP contribution in [-0.2, 0) is 16.0 Å². The van der Waals surface area contributed by atoms with Gasteiger partial charge in [-0.05, 0) is 37.7 Å². The Hall–Kier alpha value is -2.54. The van der Waals surface area contributed by atoms with Crippen molar-refractivity contribution in [3.8, 4) is 0 Å². The molecule has 6 nitrogen and oxygen atoms in total. The van der Waals surface area contributed by atoms with Crippen LogP contribution in [-0.4, -0.2) is 41.7 Å². The average Bonchev–Trinajstić information content (AvgIpc) is 2.73. The number of hydrogen-bond acceptors (Lipinski definition) is 5. The highest BCUT2D eigenvalue weighted by Crippen LogP contribution is 2.28. The van der Waals surface area contributed by atoms with Crippen molar-refractivity contribution in [1.82, 2.24) is 15.3 Å². The van der Waals surface area contributed by atoms with Crippen LogP contribution in [0.25, 0.3) is 0 Å². The molecule has 28 heavy (non-hydrogen) atoms. The summed E-state index contributed by atoms with van der Waals surface area (Å²) in [5, 5.41) is 6.25. The van der Waals surface area contributed by atoms with Crippen molar-refractivity contribution in [1.29, 1.82) is 0 Å². The Kier molecular flexibility index (Phi) is 7.31. The number of anilines is 1. The van der Waals surface area contributed by atoms with Gasteiger partial charge in [-0.1, -0.05) is 30.3 Å². The van der Waals surface area contributed by atoms with Gasteiger partial charge in [-0.2, -0.15) is 0 Å². The number of aromatic nitrogens is 2. The lowest BCUT2D eigenvalue weighted by Crippen LogP contribution is -2.45. The predicted octanol–water partition coefficient (Wildman–Crippen LogP) is 2.96. The van der Waals surface area contributed by atoms with Crippen LogP contribution in [0, 0.1) is 11.7 Å². The molecular weight excluding hydrogens is 359 g/mol. The average molecular weight is 386 g/mol. The van der Waals surface area contributed by atoms with Crippen LogP contribution in [0.15, 0.2) is 42.7 Å². The molecule has 1 amide bonds. The highest BCUT2D eigenvalue weighted by atomic mass is 19.1. The lowest BCUT2D eigenvalue weighted by Gasteiger charge is -2.35. The van der Waals surface area contributed by atoms with Gasteiger partial charge in [0.1, 0.15) is 0 Å². The first-order valence-electron chi connectivity index (χ1n) is 9.74. The Morgan fingerprint density at radius 2 is 1.96 bits per heavy atom. The molecule has 1 aliphatic carbocycles. The van der Waals surface area contributed by atoms with Gasteiger partial charge in [0.05, 0.1) is 24.5 Å². The van der Waals surface area contributed by atoms with Crippen LogP contribution in [0.2, 0.25) is 0 Å². The largest absolute Gasteiger partial charge is 0.379 e. The number of hydrogen-bond donors (Lipinski definition) is 2. The van der Waals surface area contributed by atoms with Gasteiger partial charge in [0, 0.05) is 19.6 Å². The van der Waals surface area contributed by atoms with Crippen molar-refractivity contribution >= 4 is 11.9 Å². The number of ether oxygens (including phenoxy) is 1. The number of nitrogens with one attached hydrogen (secondary N) is 2. The number of methoxy groups -OCH3 is 1. The fourth-order valence-corrected chi connectivity index (χ4v) is 3.66. The SMILES string of the molecule is CO[C@@H]1CC[C@H](C(=O)NCCCc2ccccc2)C[C@H]1Nc1ncc(F)cn1. The number of amides is 1. The summed E-state index contributed by atoms with van der Waals surface area (Å²) in [5.41, 5.74) is 1.28. The second kappa shape index (κ2) is 10.1. The third-order valence-corrected chi connectivity index (χ3v) is 5.18. The Labute approximate surface area is 164 Å². The molecule has 1 saturated carbocycles. The number of benzene rings is 1. The first-order chi connectivity index (χ1) is 13.7. The standard InChI is InChI=1S/C21H27FN4O2/c1-28-19-10-9-16(12-18(19)26-21-24-13-17(22)14-25-21)20(27)23-11-5-8-15-6-3-2-4-7-15/h2-4,6-7,13-14,16,18-19H,5,8-12H2,1H3,(H,23,27)(H,24,25,26)/t16-,18+,19+/m0/s1. The van der Waals surface area contributed by atoms with Crippen molar-refractivity contribution in [3.63, 3.8) is 0 Å². The maximum Gasteiger partial charge on any atom is 0.223 e. The van der Waals surface area contributed by atoms with Gasteiger partial charge in [-0.25, -0.2) is 14.4 Å². The molecular formula is C21H27FN4O2. The molecule has 1 aliphatic rings. The van der Waals surface area contributed by atoms with Gasteiger partial charge in [0.25, 0.3) is 0 Å². The van der Waals surface area contributed by atoms with Crippen LogP contribution >= 0.6 is 0 Å². The van der Waals surface area contributed by atoms with E-state index in [1.165, 1.54) is 5.56 Å². The normalized spacial score (nSPS) is 21.9. The van der Waals surface area contributed by atoms with E-state index >= 15 is 0 Å². The van der Waals surface area contributed by atoms with E-state index in [-0.39, 0.29) is 24.0 Å². The summed E-state index contributed by atoms with van der Waals surface area (Å²) >= 11 is 0. The van der Waals surface area contributed by atoms with Crippen LogP contribution in [0.5, 0.6) is 0 Å². The van der Waals surface area contributed by atoms with Gasteiger partial charge in [0.2, 0.25) is 11.9 Å². The second-order valence-corrected chi connectivity index (χ2v) is 7.14. The van der Waals surface area contributed by atoms with Gasteiger partial charge in [0.15, 0.2) is 5.82 Å². The molecule has 7 heteroatoms. The summed E-state index contributed by atoms with van der Waals surface area (Å²) in [5.74, 6) is -0.141. The van der Waals surface area contributed by atoms with Crippen molar-refractivity contribution in [2.24, 2.45) is 5.92 Å². The Bertz CT molecular complexity index is 742. The highest BCUT2D eigenvalue weighted by Gasteiger charge is 2.34. The molecule has 2 aromatic rings. The highest BCUT2D eigenvalue weighted by molar-refractivity contribution is 5.78.